The number of rotatable bonds is 5. The van der Waals surface area contributed by atoms with Gasteiger partial charge in [0, 0.05) is 26.3 Å². The van der Waals surface area contributed by atoms with Gasteiger partial charge in [0.2, 0.25) is 15.9 Å². The highest BCUT2D eigenvalue weighted by Crippen LogP contribution is 2.22. The first kappa shape index (κ1) is 18.9. The third kappa shape index (κ3) is 4.55. The van der Waals surface area contributed by atoms with Crippen LogP contribution in [0.2, 0.25) is 0 Å². The smallest absolute Gasteiger partial charge is 0.242 e. The Morgan fingerprint density at radius 3 is 2.71 bits per heavy atom. The molecule has 1 aromatic carbocycles. The first-order chi connectivity index (χ1) is 11.2. The summed E-state index contributed by atoms with van der Waals surface area (Å²) >= 11 is 0. The van der Waals surface area contributed by atoms with Crippen LogP contribution in [0.5, 0.6) is 0 Å². The van der Waals surface area contributed by atoms with E-state index in [1.54, 1.807) is 12.1 Å². The van der Waals surface area contributed by atoms with Gasteiger partial charge in [0.25, 0.3) is 0 Å². The summed E-state index contributed by atoms with van der Waals surface area (Å²) in [5, 5.41) is 2.86. The molecule has 0 saturated carbocycles. The molecule has 24 heavy (non-hydrogen) atoms. The summed E-state index contributed by atoms with van der Waals surface area (Å²) < 4.78 is 25.6. The number of anilines is 1. The number of aryl methyl sites for hydroxylation is 1. The first-order valence-corrected chi connectivity index (χ1v) is 9.69. The van der Waals surface area contributed by atoms with Crippen molar-refractivity contribution in [3.8, 4) is 0 Å². The van der Waals surface area contributed by atoms with Gasteiger partial charge in [-0.15, -0.1) is 0 Å². The van der Waals surface area contributed by atoms with Gasteiger partial charge in [0.1, 0.15) is 0 Å². The van der Waals surface area contributed by atoms with E-state index in [4.69, 9.17) is 0 Å². The van der Waals surface area contributed by atoms with Crippen LogP contribution in [0.4, 0.5) is 5.69 Å². The molecular weight excluding hydrogens is 326 g/mol. The predicted octanol–water partition coefficient (Wildman–Crippen LogP) is 1.92. The van der Waals surface area contributed by atoms with Crippen LogP contribution in [-0.4, -0.2) is 57.3 Å². The Kier molecular flexibility index (Phi) is 6.01. The molecule has 2 rings (SSSR count). The molecule has 134 valence electrons. The van der Waals surface area contributed by atoms with E-state index < -0.39 is 10.0 Å². The van der Waals surface area contributed by atoms with Crippen LogP contribution >= 0.6 is 0 Å². The molecule has 0 bridgehead atoms. The van der Waals surface area contributed by atoms with Gasteiger partial charge in [-0.25, -0.2) is 12.7 Å². The molecule has 0 spiro atoms. The summed E-state index contributed by atoms with van der Waals surface area (Å²) in [4.78, 5) is 14.7. The van der Waals surface area contributed by atoms with Crippen molar-refractivity contribution in [2.24, 2.45) is 5.92 Å². The van der Waals surface area contributed by atoms with E-state index in [0.717, 1.165) is 25.1 Å². The van der Waals surface area contributed by atoms with Gasteiger partial charge in [-0.1, -0.05) is 13.0 Å². The van der Waals surface area contributed by atoms with E-state index in [9.17, 15) is 13.2 Å². The van der Waals surface area contributed by atoms with Crippen LogP contribution in [0.1, 0.15) is 25.3 Å². The normalized spacial score (nSPS) is 19.5. The van der Waals surface area contributed by atoms with E-state index >= 15 is 0 Å². The maximum absolute atomic E-state index is 12.3. The quantitative estimate of drug-likeness (QED) is 0.878. The van der Waals surface area contributed by atoms with Crippen LogP contribution in [-0.2, 0) is 14.8 Å². The van der Waals surface area contributed by atoms with Crippen molar-refractivity contribution in [2.75, 3.05) is 39.0 Å². The standard InChI is InChI=1S/C17H27N3O3S/c1-13-6-5-9-20(11-13)12-17(21)18-16-10-15(8-7-14(16)2)24(22,23)19(3)4/h7-8,10,13H,5-6,9,11-12H2,1-4H3,(H,18,21)/t13-/m1/s1. The molecule has 7 heteroatoms. The molecule has 1 amide bonds. The molecular formula is C17H27N3O3S. The number of sulfonamides is 1. The highest BCUT2D eigenvalue weighted by molar-refractivity contribution is 7.89. The second kappa shape index (κ2) is 7.63. The number of carbonyl (C=O) groups excluding carboxylic acids is 1. The van der Waals surface area contributed by atoms with Gasteiger partial charge in [0.15, 0.2) is 0 Å². The zero-order valence-electron chi connectivity index (χ0n) is 14.9. The minimum atomic E-state index is -3.51. The van der Waals surface area contributed by atoms with Crippen LogP contribution in [0.25, 0.3) is 0 Å². The zero-order chi connectivity index (χ0) is 17.9. The Bertz CT molecular complexity index is 701. The van der Waals surface area contributed by atoms with Crippen LogP contribution in [0.3, 0.4) is 0 Å². The lowest BCUT2D eigenvalue weighted by Crippen LogP contribution is -2.39. The molecule has 1 saturated heterocycles. The van der Waals surface area contributed by atoms with Crippen molar-refractivity contribution in [1.29, 1.82) is 0 Å². The van der Waals surface area contributed by atoms with E-state index in [1.165, 1.54) is 30.9 Å². The Hall–Kier alpha value is -1.44. The lowest BCUT2D eigenvalue weighted by atomic mass is 10.0. The second-order valence-electron chi connectivity index (χ2n) is 6.79. The zero-order valence-corrected chi connectivity index (χ0v) is 15.7. The fraction of sp³-hybridized carbons (Fsp3) is 0.588. The summed E-state index contributed by atoms with van der Waals surface area (Å²) in [6.45, 7) is 6.26. The summed E-state index contributed by atoms with van der Waals surface area (Å²) in [6.07, 6.45) is 2.33. The van der Waals surface area contributed by atoms with Crippen molar-refractivity contribution in [3.05, 3.63) is 23.8 Å². The number of piperidine rings is 1. The van der Waals surface area contributed by atoms with E-state index in [0.29, 0.717) is 18.2 Å². The number of nitrogens with zero attached hydrogens (tertiary/aromatic N) is 2. The van der Waals surface area contributed by atoms with E-state index in [-0.39, 0.29) is 10.8 Å². The van der Waals surface area contributed by atoms with Crippen molar-refractivity contribution < 1.29 is 13.2 Å². The largest absolute Gasteiger partial charge is 0.325 e. The molecule has 1 fully saturated rings. The molecule has 1 aromatic rings. The summed E-state index contributed by atoms with van der Waals surface area (Å²) in [5.74, 6) is 0.508. The predicted molar refractivity (Wildman–Crippen MR) is 95.5 cm³/mol. The Labute approximate surface area is 144 Å². The molecule has 1 atom stereocenters. The highest BCUT2D eigenvalue weighted by Gasteiger charge is 2.21. The number of carbonyl (C=O) groups is 1. The molecule has 0 aliphatic carbocycles. The molecule has 0 aromatic heterocycles. The minimum absolute atomic E-state index is 0.105. The number of hydrogen-bond donors (Lipinski definition) is 1. The van der Waals surface area contributed by atoms with Gasteiger partial charge in [-0.2, -0.15) is 0 Å². The van der Waals surface area contributed by atoms with Gasteiger partial charge < -0.3 is 5.32 Å². The Balaban J connectivity index is 2.10. The number of hydrogen-bond acceptors (Lipinski definition) is 4. The average molecular weight is 353 g/mol. The summed E-state index contributed by atoms with van der Waals surface area (Å²) in [6, 6.07) is 4.81. The minimum Gasteiger partial charge on any atom is -0.325 e. The highest BCUT2D eigenvalue weighted by atomic mass is 32.2. The van der Waals surface area contributed by atoms with Gasteiger partial charge in [-0.3, -0.25) is 9.69 Å². The molecule has 1 N–H and O–H groups in total. The number of nitrogens with one attached hydrogen (secondary N) is 1. The topological polar surface area (TPSA) is 69.7 Å². The van der Waals surface area contributed by atoms with Crippen LogP contribution in [0.15, 0.2) is 23.1 Å². The monoisotopic (exact) mass is 353 g/mol. The van der Waals surface area contributed by atoms with Crippen LogP contribution < -0.4 is 5.32 Å². The maximum Gasteiger partial charge on any atom is 0.242 e. The van der Waals surface area contributed by atoms with E-state index in [1.807, 2.05) is 6.92 Å². The lowest BCUT2D eigenvalue weighted by molar-refractivity contribution is -0.117. The number of amides is 1. The first-order valence-electron chi connectivity index (χ1n) is 8.25. The van der Waals surface area contributed by atoms with Crippen molar-refractivity contribution in [2.45, 2.75) is 31.6 Å². The Morgan fingerprint density at radius 1 is 1.38 bits per heavy atom. The number of benzene rings is 1. The van der Waals surface area contributed by atoms with Gasteiger partial charge >= 0.3 is 0 Å². The van der Waals surface area contributed by atoms with Crippen LogP contribution in [0, 0.1) is 12.8 Å². The maximum atomic E-state index is 12.3. The average Bonchev–Trinajstić information content (AvgIpc) is 2.49. The molecule has 1 heterocycles. The lowest BCUT2D eigenvalue weighted by Gasteiger charge is -2.30. The third-order valence-corrected chi connectivity index (χ3v) is 6.18. The van der Waals surface area contributed by atoms with E-state index in [2.05, 4.69) is 17.1 Å². The fourth-order valence-electron chi connectivity index (χ4n) is 2.93. The molecule has 1 aliphatic rings. The molecule has 0 radical (unpaired) electrons. The van der Waals surface area contributed by atoms with Crippen molar-refractivity contribution in [3.63, 3.8) is 0 Å². The summed E-state index contributed by atoms with van der Waals surface area (Å²) in [7, 11) is -0.533. The Morgan fingerprint density at radius 2 is 2.08 bits per heavy atom. The number of likely N-dealkylation sites (tertiary alicyclic amines) is 1. The molecule has 6 nitrogen and oxygen atoms in total. The van der Waals surface area contributed by atoms with Crippen molar-refractivity contribution in [1.82, 2.24) is 9.21 Å². The van der Waals surface area contributed by atoms with Crippen molar-refractivity contribution >= 4 is 21.6 Å². The van der Waals surface area contributed by atoms with Gasteiger partial charge in [0.05, 0.1) is 11.4 Å². The SMILES string of the molecule is Cc1ccc(S(=O)(=O)N(C)C)cc1NC(=O)CN1CCC[C@@H](C)C1. The fourth-order valence-corrected chi connectivity index (χ4v) is 3.86. The third-order valence-electron chi connectivity index (χ3n) is 4.37. The summed E-state index contributed by atoms with van der Waals surface area (Å²) in [5.41, 5.74) is 1.39. The molecule has 0 unspecified atom stereocenters. The van der Waals surface area contributed by atoms with Gasteiger partial charge in [-0.05, 0) is 49.9 Å². The molecule has 1 aliphatic heterocycles. The second-order valence-corrected chi connectivity index (χ2v) is 8.95.